The van der Waals surface area contributed by atoms with Gasteiger partial charge in [-0.25, -0.2) is 4.98 Å². The highest BCUT2D eigenvalue weighted by atomic mass is 35.5. The second-order valence-corrected chi connectivity index (χ2v) is 9.88. The molecule has 8 heteroatoms. The summed E-state index contributed by atoms with van der Waals surface area (Å²) in [6.45, 7) is 9.14. The first kappa shape index (κ1) is 24.2. The van der Waals surface area contributed by atoms with Gasteiger partial charge in [0.15, 0.2) is 0 Å². The van der Waals surface area contributed by atoms with Crippen molar-refractivity contribution in [3.63, 3.8) is 0 Å². The number of benzene rings is 1. The minimum Gasteiger partial charge on any atom is -0.383 e. The molecule has 0 radical (unpaired) electrons. The van der Waals surface area contributed by atoms with Crippen LogP contribution in [0.1, 0.15) is 37.0 Å². The molecule has 2 heterocycles. The van der Waals surface area contributed by atoms with E-state index in [1.54, 1.807) is 11.8 Å². The standard InChI is InChI=1S/C24H29ClN6S/c1-17(2)13-20-21(15-26)23(28)29-24(22(20)16-27)32-12-4-7-30-8-10-31(11-9-30)19-6-3-5-18(25)14-19/h3,5-6,14,17H,4,7-13H2,1-2H3,(H2,28,29). The number of nitrogen functional groups attached to an aromatic ring is 1. The molecule has 0 unspecified atom stereocenters. The third kappa shape index (κ3) is 6.07. The minimum atomic E-state index is 0.224. The zero-order chi connectivity index (χ0) is 23.1. The highest BCUT2D eigenvalue weighted by Gasteiger charge is 2.20. The van der Waals surface area contributed by atoms with Crippen LogP contribution in [0.2, 0.25) is 5.02 Å². The lowest BCUT2D eigenvalue weighted by Gasteiger charge is -2.36. The van der Waals surface area contributed by atoms with Gasteiger partial charge in [0, 0.05) is 42.6 Å². The number of halogens is 1. The van der Waals surface area contributed by atoms with E-state index in [0.717, 1.165) is 55.5 Å². The van der Waals surface area contributed by atoms with Crippen molar-refractivity contribution in [2.75, 3.05) is 49.1 Å². The third-order valence-electron chi connectivity index (χ3n) is 5.53. The first-order chi connectivity index (χ1) is 15.4. The topological polar surface area (TPSA) is 93.0 Å². The van der Waals surface area contributed by atoms with E-state index in [2.05, 4.69) is 46.8 Å². The fraction of sp³-hybridized carbons (Fsp3) is 0.458. The maximum Gasteiger partial charge on any atom is 0.143 e. The van der Waals surface area contributed by atoms with Gasteiger partial charge in [0.2, 0.25) is 0 Å². The van der Waals surface area contributed by atoms with Gasteiger partial charge in [-0.05, 0) is 49.1 Å². The van der Waals surface area contributed by atoms with Crippen LogP contribution >= 0.6 is 23.4 Å². The Labute approximate surface area is 200 Å². The summed E-state index contributed by atoms with van der Waals surface area (Å²) in [6, 6.07) is 12.4. The van der Waals surface area contributed by atoms with Gasteiger partial charge in [0.05, 0.1) is 11.1 Å². The Kier molecular flexibility index (Phi) is 8.64. The molecule has 1 aromatic carbocycles. The van der Waals surface area contributed by atoms with E-state index in [4.69, 9.17) is 17.3 Å². The van der Waals surface area contributed by atoms with Crippen LogP contribution in [0.15, 0.2) is 29.3 Å². The summed E-state index contributed by atoms with van der Waals surface area (Å²) < 4.78 is 0. The molecule has 1 aromatic heterocycles. The molecule has 1 fully saturated rings. The summed E-state index contributed by atoms with van der Waals surface area (Å²) in [5.41, 5.74) is 8.81. The van der Waals surface area contributed by atoms with Crippen molar-refractivity contribution in [3.05, 3.63) is 46.0 Å². The minimum absolute atomic E-state index is 0.224. The van der Waals surface area contributed by atoms with Gasteiger partial charge in [-0.3, -0.25) is 4.90 Å². The van der Waals surface area contributed by atoms with E-state index >= 15 is 0 Å². The number of aromatic nitrogens is 1. The van der Waals surface area contributed by atoms with Crippen molar-refractivity contribution < 1.29 is 0 Å². The zero-order valence-corrected chi connectivity index (χ0v) is 20.2. The summed E-state index contributed by atoms with van der Waals surface area (Å²) in [4.78, 5) is 9.22. The van der Waals surface area contributed by atoms with Crippen LogP contribution in [0.3, 0.4) is 0 Å². The molecular formula is C24H29ClN6S. The summed E-state index contributed by atoms with van der Waals surface area (Å²) in [6.07, 6.45) is 1.64. The fourth-order valence-corrected chi connectivity index (χ4v) is 5.07. The predicted octanol–water partition coefficient (Wildman–Crippen LogP) is 4.56. The maximum atomic E-state index is 9.74. The number of thioether (sulfide) groups is 1. The second kappa shape index (κ2) is 11.4. The molecule has 1 aliphatic rings. The van der Waals surface area contributed by atoms with Gasteiger partial charge < -0.3 is 10.6 Å². The molecule has 0 bridgehead atoms. The van der Waals surface area contributed by atoms with E-state index in [1.165, 1.54) is 5.69 Å². The number of nitriles is 2. The normalized spacial score (nSPS) is 14.4. The molecule has 2 N–H and O–H groups in total. The average Bonchev–Trinajstić information content (AvgIpc) is 2.77. The van der Waals surface area contributed by atoms with Crippen LogP contribution < -0.4 is 10.6 Å². The highest BCUT2D eigenvalue weighted by molar-refractivity contribution is 7.99. The molecule has 0 atom stereocenters. The number of hydrogen-bond acceptors (Lipinski definition) is 7. The maximum absolute atomic E-state index is 9.74. The lowest BCUT2D eigenvalue weighted by Crippen LogP contribution is -2.46. The van der Waals surface area contributed by atoms with E-state index < -0.39 is 0 Å². The number of pyridine rings is 1. The third-order valence-corrected chi connectivity index (χ3v) is 6.83. The largest absolute Gasteiger partial charge is 0.383 e. The monoisotopic (exact) mass is 468 g/mol. The van der Waals surface area contributed by atoms with Gasteiger partial charge in [-0.2, -0.15) is 10.5 Å². The van der Waals surface area contributed by atoms with Gasteiger partial charge >= 0.3 is 0 Å². The zero-order valence-electron chi connectivity index (χ0n) is 18.6. The molecular weight excluding hydrogens is 440 g/mol. The van der Waals surface area contributed by atoms with Gasteiger partial charge in [0.1, 0.15) is 23.0 Å². The first-order valence-corrected chi connectivity index (χ1v) is 12.3. The number of anilines is 2. The Morgan fingerprint density at radius 1 is 1.16 bits per heavy atom. The Balaban J connectivity index is 1.53. The molecule has 32 heavy (non-hydrogen) atoms. The summed E-state index contributed by atoms with van der Waals surface area (Å²) in [7, 11) is 0. The molecule has 0 saturated carbocycles. The quantitative estimate of drug-likeness (QED) is 0.448. The van der Waals surface area contributed by atoms with E-state index in [-0.39, 0.29) is 5.82 Å². The molecule has 2 aromatic rings. The van der Waals surface area contributed by atoms with Crippen LogP contribution in [0, 0.1) is 28.6 Å². The Morgan fingerprint density at radius 3 is 2.50 bits per heavy atom. The predicted molar refractivity (Wildman–Crippen MR) is 132 cm³/mol. The number of hydrogen-bond donors (Lipinski definition) is 1. The van der Waals surface area contributed by atoms with Crippen molar-refractivity contribution in [2.45, 2.75) is 31.7 Å². The molecule has 0 spiro atoms. The SMILES string of the molecule is CC(C)Cc1c(C#N)c(N)nc(SCCCN2CCN(c3cccc(Cl)c3)CC2)c1C#N. The molecule has 0 amide bonds. The summed E-state index contributed by atoms with van der Waals surface area (Å²) in [5.74, 6) is 1.39. The number of nitrogens with zero attached hydrogens (tertiary/aromatic N) is 5. The van der Waals surface area contributed by atoms with Crippen LogP contribution in [-0.2, 0) is 6.42 Å². The van der Waals surface area contributed by atoms with Crippen molar-refractivity contribution in [3.8, 4) is 12.1 Å². The van der Waals surface area contributed by atoms with E-state index in [0.29, 0.717) is 28.5 Å². The fourth-order valence-electron chi connectivity index (χ4n) is 3.95. The van der Waals surface area contributed by atoms with Crippen LogP contribution in [0.4, 0.5) is 11.5 Å². The van der Waals surface area contributed by atoms with E-state index in [1.807, 2.05) is 18.2 Å². The van der Waals surface area contributed by atoms with Crippen LogP contribution in [0.5, 0.6) is 0 Å². The van der Waals surface area contributed by atoms with Gasteiger partial charge in [-0.1, -0.05) is 31.5 Å². The molecule has 1 saturated heterocycles. The van der Waals surface area contributed by atoms with Crippen molar-refractivity contribution in [2.24, 2.45) is 5.92 Å². The molecule has 168 valence electrons. The number of rotatable bonds is 8. The summed E-state index contributed by atoms with van der Waals surface area (Å²) >= 11 is 7.68. The van der Waals surface area contributed by atoms with Crippen LogP contribution in [0.25, 0.3) is 0 Å². The van der Waals surface area contributed by atoms with Crippen molar-refractivity contribution >= 4 is 34.9 Å². The van der Waals surface area contributed by atoms with Gasteiger partial charge in [-0.15, -0.1) is 11.8 Å². The Bertz CT molecular complexity index is 1020. The summed E-state index contributed by atoms with van der Waals surface area (Å²) in [5, 5.41) is 20.6. The molecule has 3 rings (SSSR count). The Hall–Kier alpha value is -2.45. The lowest BCUT2D eigenvalue weighted by atomic mass is 9.95. The van der Waals surface area contributed by atoms with Gasteiger partial charge in [0.25, 0.3) is 0 Å². The number of nitrogens with two attached hydrogens (primary N) is 1. The highest BCUT2D eigenvalue weighted by Crippen LogP contribution is 2.30. The lowest BCUT2D eigenvalue weighted by molar-refractivity contribution is 0.259. The van der Waals surface area contributed by atoms with E-state index in [9.17, 15) is 10.5 Å². The smallest absolute Gasteiger partial charge is 0.143 e. The average molecular weight is 469 g/mol. The van der Waals surface area contributed by atoms with Crippen molar-refractivity contribution in [1.82, 2.24) is 9.88 Å². The van der Waals surface area contributed by atoms with Crippen LogP contribution in [-0.4, -0.2) is 48.4 Å². The van der Waals surface area contributed by atoms with Crippen molar-refractivity contribution in [1.29, 1.82) is 10.5 Å². The number of piperazine rings is 1. The second-order valence-electron chi connectivity index (χ2n) is 8.36. The molecule has 0 aliphatic carbocycles. The molecule has 6 nitrogen and oxygen atoms in total. The Morgan fingerprint density at radius 2 is 1.88 bits per heavy atom. The molecule has 1 aliphatic heterocycles. The first-order valence-electron chi connectivity index (χ1n) is 10.9.